The second-order valence-electron chi connectivity index (χ2n) is 12.0. The monoisotopic (exact) mass is 706 g/mol. The molecule has 3 aliphatic rings. The van der Waals surface area contributed by atoms with Gasteiger partial charge in [0.1, 0.15) is 0 Å². The summed E-state index contributed by atoms with van der Waals surface area (Å²) in [6.45, 7) is 1.57. The summed E-state index contributed by atoms with van der Waals surface area (Å²) >= 11 is 0. The topological polar surface area (TPSA) is 115 Å². The zero-order valence-electron chi connectivity index (χ0n) is 25.7. The Bertz CT molecular complexity index is 2020. The molecule has 15 heteroatoms. The number of alkyl halides is 6. The summed E-state index contributed by atoms with van der Waals surface area (Å²) in [6, 6.07) is 13.3. The summed E-state index contributed by atoms with van der Waals surface area (Å²) in [6.07, 6.45) is -11.7. The Morgan fingerprint density at radius 2 is 1.39 bits per heavy atom. The zero-order valence-corrected chi connectivity index (χ0v) is 26.5. The summed E-state index contributed by atoms with van der Waals surface area (Å²) < 4.78 is 113. The van der Waals surface area contributed by atoms with Crippen LogP contribution in [0, 0.1) is 0 Å². The lowest BCUT2D eigenvalue weighted by Crippen LogP contribution is -2.59. The second-order valence-corrected chi connectivity index (χ2v) is 14.0. The first-order chi connectivity index (χ1) is 22.9. The quantitative estimate of drug-likeness (QED) is 0.287. The van der Waals surface area contributed by atoms with Crippen molar-refractivity contribution >= 4 is 38.7 Å². The van der Waals surface area contributed by atoms with E-state index in [2.05, 4.69) is 4.90 Å². The minimum atomic E-state index is -6.39. The van der Waals surface area contributed by atoms with E-state index >= 15 is 0 Å². The lowest BCUT2D eigenvalue weighted by atomic mass is 9.75. The molecule has 6 rings (SSSR count). The highest BCUT2D eigenvalue weighted by atomic mass is 32.2. The van der Waals surface area contributed by atoms with Gasteiger partial charge in [-0.05, 0) is 83.4 Å². The van der Waals surface area contributed by atoms with Crippen LogP contribution in [0.5, 0.6) is 0 Å². The molecule has 0 unspecified atom stereocenters. The molecule has 0 saturated carbocycles. The van der Waals surface area contributed by atoms with E-state index in [-0.39, 0.29) is 26.6 Å². The number of nitrogens with zero attached hydrogens (tertiary/aromatic N) is 2. The third-order valence-corrected chi connectivity index (χ3v) is 10.9. The van der Waals surface area contributed by atoms with Gasteiger partial charge in [0.2, 0.25) is 0 Å². The standard InChI is InChI=1S/C34H28F6N2O6S/c1-41(31(44)45)49(47,48)27-13-5-4-12-24(27)28(21-16-19-8-6-14-42-15-7-9-20(17-21)29(19)42)25-18-26(30(43)23-11-3-2-10-22(23)25)32(46,33(35,36)37)34(38,39)40/h2-5,10-13,16-18,46H,6-9,14-15H2,1H3,(H,44,45). The number of fused-ring (bicyclic) bond motifs is 1. The molecule has 258 valence electrons. The number of ketones is 1. The summed E-state index contributed by atoms with van der Waals surface area (Å²) in [7, 11) is -4.10. The molecule has 3 aromatic carbocycles. The second kappa shape index (κ2) is 11.8. The Morgan fingerprint density at radius 3 is 1.94 bits per heavy atom. The average molecular weight is 707 g/mol. The molecule has 2 aliphatic heterocycles. The van der Waals surface area contributed by atoms with Crippen LogP contribution in [0.15, 0.2) is 77.2 Å². The average Bonchev–Trinajstić information content (AvgIpc) is 3.04. The van der Waals surface area contributed by atoms with Gasteiger partial charge < -0.3 is 15.1 Å². The number of halogens is 6. The number of aliphatic hydroxyl groups is 1. The molecule has 0 bridgehead atoms. The van der Waals surface area contributed by atoms with Crippen molar-refractivity contribution in [3.05, 3.63) is 106 Å². The van der Waals surface area contributed by atoms with Crippen LogP contribution in [-0.2, 0) is 22.9 Å². The molecule has 0 saturated heterocycles. The van der Waals surface area contributed by atoms with Crippen molar-refractivity contribution in [3.8, 4) is 0 Å². The van der Waals surface area contributed by atoms with Crippen LogP contribution >= 0.6 is 0 Å². The largest absolute Gasteiger partial charge is 0.464 e. The number of Topliss-reactive ketones (excluding diaryl/α,β-unsaturated/α-hetero) is 1. The molecule has 0 spiro atoms. The van der Waals surface area contributed by atoms with Crippen molar-refractivity contribution in [2.45, 2.75) is 48.5 Å². The van der Waals surface area contributed by atoms with Gasteiger partial charge in [-0.15, -0.1) is 0 Å². The molecule has 8 nitrogen and oxygen atoms in total. The molecule has 2 N–H and O–H groups in total. The summed E-state index contributed by atoms with van der Waals surface area (Å²) in [5.74, 6) is -1.72. The van der Waals surface area contributed by atoms with Gasteiger partial charge in [-0.2, -0.15) is 26.3 Å². The maximum absolute atomic E-state index is 14.3. The molecule has 1 amide bonds. The predicted molar refractivity (Wildman–Crippen MR) is 167 cm³/mol. The summed E-state index contributed by atoms with van der Waals surface area (Å²) in [4.78, 5) is 26.9. The van der Waals surface area contributed by atoms with Gasteiger partial charge in [-0.25, -0.2) is 17.5 Å². The number of carbonyl (C=O) groups excluding carboxylic acids is 1. The minimum absolute atomic E-state index is 0.0360. The SMILES string of the molecule is CN(C(=O)O)S(=O)(=O)c1ccccc1C(=C1C=C(C(O)(C(F)(F)F)C(F)(F)F)C(=O)c2ccccc21)c1cc2c3c(c1)CCCN3CCC2. The lowest BCUT2D eigenvalue weighted by Gasteiger charge is -2.38. The van der Waals surface area contributed by atoms with Gasteiger partial charge in [0, 0.05) is 37.0 Å². The molecule has 0 radical (unpaired) electrons. The van der Waals surface area contributed by atoms with E-state index in [4.69, 9.17) is 0 Å². The number of anilines is 1. The fraction of sp³-hybridized carbons (Fsp3) is 0.294. The Hall–Kier alpha value is -4.63. The maximum Gasteiger partial charge on any atom is 0.430 e. The molecule has 3 aromatic rings. The van der Waals surface area contributed by atoms with Gasteiger partial charge in [-0.3, -0.25) is 4.79 Å². The Morgan fingerprint density at radius 1 is 0.857 bits per heavy atom. The van der Waals surface area contributed by atoms with Gasteiger partial charge in [0.25, 0.3) is 15.6 Å². The highest BCUT2D eigenvalue weighted by molar-refractivity contribution is 7.89. The number of hydrogen-bond acceptors (Lipinski definition) is 6. The third kappa shape index (κ3) is 5.39. The van der Waals surface area contributed by atoms with Crippen molar-refractivity contribution in [1.29, 1.82) is 0 Å². The van der Waals surface area contributed by atoms with E-state index in [1.165, 1.54) is 36.4 Å². The van der Waals surface area contributed by atoms with Crippen LogP contribution < -0.4 is 4.90 Å². The Labute approximate surface area is 276 Å². The van der Waals surface area contributed by atoms with Crippen molar-refractivity contribution in [2.75, 3.05) is 25.0 Å². The number of amides is 1. The smallest absolute Gasteiger partial charge is 0.430 e. The Balaban J connectivity index is 1.80. The highest BCUT2D eigenvalue weighted by Crippen LogP contribution is 2.52. The first-order valence-corrected chi connectivity index (χ1v) is 16.5. The normalized spacial score (nSPS) is 17.6. The fourth-order valence-electron chi connectivity index (χ4n) is 6.84. The Kier molecular flexibility index (Phi) is 8.22. The van der Waals surface area contributed by atoms with Crippen LogP contribution in [0.1, 0.15) is 51.0 Å². The zero-order chi connectivity index (χ0) is 35.7. The van der Waals surface area contributed by atoms with Gasteiger partial charge in [0.05, 0.1) is 10.5 Å². The van der Waals surface area contributed by atoms with E-state index < -0.39 is 61.5 Å². The van der Waals surface area contributed by atoms with Crippen LogP contribution in [0.25, 0.3) is 11.1 Å². The number of aryl methyl sites for hydroxylation is 2. The molecular weight excluding hydrogens is 678 g/mol. The first kappa shape index (κ1) is 34.2. The predicted octanol–water partition coefficient (Wildman–Crippen LogP) is 6.62. The molecule has 1 aliphatic carbocycles. The van der Waals surface area contributed by atoms with E-state index in [1.807, 2.05) is 0 Å². The van der Waals surface area contributed by atoms with Crippen molar-refractivity contribution in [3.63, 3.8) is 0 Å². The number of carboxylic acid groups (broad SMARTS) is 1. The van der Waals surface area contributed by atoms with Gasteiger partial charge in [0.15, 0.2) is 5.78 Å². The van der Waals surface area contributed by atoms with Crippen LogP contribution in [0.2, 0.25) is 0 Å². The summed E-state index contributed by atoms with van der Waals surface area (Å²) in [5, 5.41) is 20.1. The fourth-order valence-corrected chi connectivity index (χ4v) is 8.04. The number of benzene rings is 3. The molecule has 0 atom stereocenters. The van der Waals surface area contributed by atoms with E-state index in [9.17, 15) is 54.6 Å². The van der Waals surface area contributed by atoms with Crippen LogP contribution in [0.4, 0.5) is 36.8 Å². The van der Waals surface area contributed by atoms with Gasteiger partial charge >= 0.3 is 18.4 Å². The molecule has 0 fully saturated rings. The highest BCUT2D eigenvalue weighted by Gasteiger charge is 2.73. The van der Waals surface area contributed by atoms with Crippen molar-refractivity contribution in [1.82, 2.24) is 4.31 Å². The van der Waals surface area contributed by atoms with Crippen molar-refractivity contribution in [2.24, 2.45) is 0 Å². The molecular formula is C34H28F6N2O6S. The van der Waals surface area contributed by atoms with E-state index in [0.29, 0.717) is 18.9 Å². The number of allylic oxidation sites excluding steroid dienone is 2. The molecule has 2 heterocycles. The minimum Gasteiger partial charge on any atom is -0.464 e. The van der Waals surface area contributed by atoms with Gasteiger partial charge in [-0.1, -0.05) is 42.5 Å². The number of sulfonamides is 1. The lowest BCUT2D eigenvalue weighted by molar-refractivity contribution is -0.350. The molecule has 49 heavy (non-hydrogen) atoms. The van der Waals surface area contributed by atoms with Crippen molar-refractivity contribution < 1.29 is 54.6 Å². The number of hydrogen-bond donors (Lipinski definition) is 2. The first-order valence-electron chi connectivity index (χ1n) is 15.1. The summed E-state index contributed by atoms with van der Waals surface area (Å²) in [5.41, 5.74) is -6.34. The number of rotatable bonds is 5. The van der Waals surface area contributed by atoms with Crippen LogP contribution in [0.3, 0.4) is 0 Å². The maximum atomic E-state index is 14.3. The third-order valence-electron chi connectivity index (χ3n) is 9.16. The van der Waals surface area contributed by atoms with Crippen LogP contribution in [-0.4, -0.2) is 72.9 Å². The van der Waals surface area contributed by atoms with E-state index in [1.54, 1.807) is 12.1 Å². The van der Waals surface area contributed by atoms with E-state index in [0.717, 1.165) is 61.9 Å². The molecule has 0 aromatic heterocycles. The number of carbonyl (C=O) groups is 2.